The first-order chi connectivity index (χ1) is 7.50. The van der Waals surface area contributed by atoms with Gasteiger partial charge in [0.05, 0.1) is 12.0 Å². The van der Waals surface area contributed by atoms with Gasteiger partial charge in [0.25, 0.3) is 0 Å². The number of nitrogens with zero attached hydrogens (tertiary/aromatic N) is 1. The molecule has 2 amide bonds. The zero-order valence-corrected chi connectivity index (χ0v) is 9.94. The van der Waals surface area contributed by atoms with Crippen LogP contribution in [0.1, 0.15) is 26.7 Å². The molecular weight excluding hydrogens is 208 g/mol. The topological polar surface area (TPSA) is 72.6 Å². The average molecular weight is 228 g/mol. The number of likely N-dealkylation sites (tertiary alicyclic amines) is 1. The van der Waals surface area contributed by atoms with Crippen LogP contribution in [0.2, 0.25) is 0 Å². The second-order valence-corrected chi connectivity index (χ2v) is 4.42. The van der Waals surface area contributed by atoms with Crippen molar-refractivity contribution >= 4 is 11.8 Å². The highest BCUT2D eigenvalue weighted by Gasteiger charge is 2.32. The molecule has 2 N–H and O–H groups in total. The number of rotatable bonds is 6. The van der Waals surface area contributed by atoms with Gasteiger partial charge >= 0.3 is 0 Å². The van der Waals surface area contributed by atoms with Crippen molar-refractivity contribution in [3.63, 3.8) is 0 Å². The zero-order valence-electron chi connectivity index (χ0n) is 9.94. The Bertz CT molecular complexity index is 266. The van der Waals surface area contributed by atoms with Crippen LogP contribution in [-0.4, -0.2) is 42.5 Å². The van der Waals surface area contributed by atoms with Gasteiger partial charge < -0.3 is 15.4 Å². The van der Waals surface area contributed by atoms with Crippen LogP contribution in [0.25, 0.3) is 0 Å². The minimum Gasteiger partial charge on any atom is -0.379 e. The Hall–Kier alpha value is -1.10. The van der Waals surface area contributed by atoms with Crippen LogP contribution in [0, 0.1) is 5.92 Å². The Labute approximate surface area is 95.9 Å². The van der Waals surface area contributed by atoms with Gasteiger partial charge in [-0.05, 0) is 20.3 Å². The van der Waals surface area contributed by atoms with Crippen LogP contribution in [0.5, 0.6) is 0 Å². The third-order valence-electron chi connectivity index (χ3n) is 2.64. The van der Waals surface area contributed by atoms with Crippen molar-refractivity contribution in [3.05, 3.63) is 0 Å². The number of amides is 2. The molecule has 5 heteroatoms. The number of nitrogens with two attached hydrogens (primary N) is 1. The molecular formula is C11H20N2O3. The Kier molecular flexibility index (Phi) is 4.73. The highest BCUT2D eigenvalue weighted by Crippen LogP contribution is 2.17. The van der Waals surface area contributed by atoms with Crippen molar-refractivity contribution in [1.82, 2.24) is 4.90 Å². The van der Waals surface area contributed by atoms with Gasteiger partial charge in [0.2, 0.25) is 11.8 Å². The van der Waals surface area contributed by atoms with Crippen molar-refractivity contribution in [2.45, 2.75) is 32.8 Å². The maximum atomic E-state index is 11.5. The van der Waals surface area contributed by atoms with Crippen LogP contribution in [-0.2, 0) is 14.3 Å². The van der Waals surface area contributed by atoms with Gasteiger partial charge in [-0.15, -0.1) is 0 Å². The van der Waals surface area contributed by atoms with Crippen LogP contribution in [0.15, 0.2) is 0 Å². The van der Waals surface area contributed by atoms with Crippen molar-refractivity contribution in [1.29, 1.82) is 0 Å². The lowest BCUT2D eigenvalue weighted by atomic mass is 10.1. The lowest BCUT2D eigenvalue weighted by molar-refractivity contribution is -0.128. The summed E-state index contributed by atoms with van der Waals surface area (Å²) in [7, 11) is 0. The van der Waals surface area contributed by atoms with E-state index in [0.29, 0.717) is 19.7 Å². The Morgan fingerprint density at radius 1 is 1.62 bits per heavy atom. The minimum atomic E-state index is -0.380. The van der Waals surface area contributed by atoms with E-state index >= 15 is 0 Å². The third-order valence-corrected chi connectivity index (χ3v) is 2.64. The first-order valence-electron chi connectivity index (χ1n) is 5.69. The fraction of sp³-hybridized carbons (Fsp3) is 0.818. The summed E-state index contributed by atoms with van der Waals surface area (Å²) in [5.74, 6) is -0.666. The van der Waals surface area contributed by atoms with Crippen molar-refractivity contribution in [2.24, 2.45) is 11.7 Å². The van der Waals surface area contributed by atoms with Gasteiger partial charge in [0.15, 0.2) is 0 Å². The summed E-state index contributed by atoms with van der Waals surface area (Å²) in [6.07, 6.45) is 1.28. The SMILES string of the molecule is CC(C)OCCCN1CC(C(N)=O)CC1=O. The summed E-state index contributed by atoms with van der Waals surface area (Å²) in [4.78, 5) is 24.1. The fourth-order valence-electron chi connectivity index (χ4n) is 1.75. The van der Waals surface area contributed by atoms with Crippen molar-refractivity contribution in [2.75, 3.05) is 19.7 Å². The maximum absolute atomic E-state index is 11.5. The van der Waals surface area contributed by atoms with E-state index in [4.69, 9.17) is 10.5 Å². The number of primary amides is 1. The maximum Gasteiger partial charge on any atom is 0.223 e. The number of carbonyl (C=O) groups excluding carboxylic acids is 2. The summed E-state index contributed by atoms with van der Waals surface area (Å²) in [5, 5.41) is 0. The first-order valence-corrected chi connectivity index (χ1v) is 5.69. The van der Waals surface area contributed by atoms with Crippen LogP contribution >= 0.6 is 0 Å². The molecule has 0 aromatic rings. The quantitative estimate of drug-likeness (QED) is 0.657. The number of hydrogen-bond acceptors (Lipinski definition) is 3. The molecule has 1 heterocycles. The molecule has 0 saturated carbocycles. The molecule has 0 bridgehead atoms. The summed E-state index contributed by atoms with van der Waals surface area (Å²) >= 11 is 0. The van der Waals surface area contributed by atoms with E-state index in [1.54, 1.807) is 4.90 Å². The Morgan fingerprint density at radius 2 is 2.31 bits per heavy atom. The Balaban J connectivity index is 2.23. The molecule has 1 saturated heterocycles. The lowest BCUT2D eigenvalue weighted by Crippen LogP contribution is -2.30. The second kappa shape index (κ2) is 5.84. The highest BCUT2D eigenvalue weighted by molar-refractivity contribution is 5.88. The van der Waals surface area contributed by atoms with Crippen LogP contribution in [0.4, 0.5) is 0 Å². The molecule has 1 atom stereocenters. The van der Waals surface area contributed by atoms with Crippen LogP contribution in [0.3, 0.4) is 0 Å². The van der Waals surface area contributed by atoms with Gasteiger partial charge in [0.1, 0.15) is 0 Å². The highest BCUT2D eigenvalue weighted by atomic mass is 16.5. The predicted octanol–water partition coefficient (Wildman–Crippen LogP) is 0.135. The first kappa shape index (κ1) is 13.0. The van der Waals surface area contributed by atoms with Gasteiger partial charge in [-0.2, -0.15) is 0 Å². The molecule has 1 aliphatic rings. The minimum absolute atomic E-state index is 0.0216. The van der Waals surface area contributed by atoms with Gasteiger partial charge in [-0.25, -0.2) is 0 Å². The van der Waals surface area contributed by atoms with Gasteiger partial charge in [-0.3, -0.25) is 9.59 Å². The smallest absolute Gasteiger partial charge is 0.223 e. The third kappa shape index (κ3) is 3.81. The lowest BCUT2D eigenvalue weighted by Gasteiger charge is -2.16. The van der Waals surface area contributed by atoms with E-state index in [1.165, 1.54) is 0 Å². The molecule has 1 unspecified atom stereocenters. The molecule has 16 heavy (non-hydrogen) atoms. The van der Waals surface area contributed by atoms with E-state index < -0.39 is 0 Å². The summed E-state index contributed by atoms with van der Waals surface area (Å²) in [5.41, 5.74) is 5.17. The molecule has 92 valence electrons. The molecule has 5 nitrogen and oxygen atoms in total. The van der Waals surface area contributed by atoms with Gasteiger partial charge in [0, 0.05) is 26.1 Å². The van der Waals surface area contributed by atoms with Crippen molar-refractivity contribution in [3.8, 4) is 0 Å². The summed E-state index contributed by atoms with van der Waals surface area (Å²) in [6, 6.07) is 0. The fourth-order valence-corrected chi connectivity index (χ4v) is 1.75. The molecule has 0 aromatic heterocycles. The molecule has 0 aromatic carbocycles. The zero-order chi connectivity index (χ0) is 12.1. The average Bonchev–Trinajstić information content (AvgIpc) is 2.55. The summed E-state index contributed by atoms with van der Waals surface area (Å²) in [6.45, 7) is 5.71. The molecule has 0 aliphatic carbocycles. The number of carbonyl (C=O) groups is 2. The van der Waals surface area contributed by atoms with E-state index in [-0.39, 0.29) is 30.3 Å². The summed E-state index contributed by atoms with van der Waals surface area (Å²) < 4.78 is 5.38. The molecule has 1 rings (SSSR count). The van der Waals surface area contributed by atoms with E-state index in [9.17, 15) is 9.59 Å². The molecule has 1 aliphatic heterocycles. The number of ether oxygens (including phenoxy) is 1. The largest absolute Gasteiger partial charge is 0.379 e. The Morgan fingerprint density at radius 3 is 2.81 bits per heavy atom. The van der Waals surface area contributed by atoms with Crippen LogP contribution < -0.4 is 5.73 Å². The predicted molar refractivity (Wildman–Crippen MR) is 59.6 cm³/mol. The normalized spacial score (nSPS) is 20.8. The monoisotopic (exact) mass is 228 g/mol. The number of hydrogen-bond donors (Lipinski definition) is 1. The van der Waals surface area contributed by atoms with E-state index in [2.05, 4.69) is 0 Å². The molecule has 1 fully saturated rings. The van der Waals surface area contributed by atoms with Crippen molar-refractivity contribution < 1.29 is 14.3 Å². The standard InChI is InChI=1S/C11H20N2O3/c1-8(2)16-5-3-4-13-7-9(11(12)15)6-10(13)14/h8-9H,3-7H2,1-2H3,(H2,12,15). The molecule has 0 radical (unpaired) electrons. The van der Waals surface area contributed by atoms with E-state index in [0.717, 1.165) is 6.42 Å². The second-order valence-electron chi connectivity index (χ2n) is 4.42. The van der Waals surface area contributed by atoms with Gasteiger partial charge in [-0.1, -0.05) is 0 Å². The van der Waals surface area contributed by atoms with E-state index in [1.807, 2.05) is 13.8 Å². The molecule has 0 spiro atoms.